The van der Waals surface area contributed by atoms with Crippen LogP contribution in [0.1, 0.15) is 29.6 Å². The van der Waals surface area contributed by atoms with Crippen molar-refractivity contribution in [3.8, 4) is 28.7 Å². The summed E-state index contributed by atoms with van der Waals surface area (Å²) >= 11 is 0. The molecule has 3 aromatic rings. The molecule has 11 nitrogen and oxygen atoms in total. The Balaban J connectivity index is 1.71. The van der Waals surface area contributed by atoms with Crippen LogP contribution in [0, 0.1) is 0 Å². The van der Waals surface area contributed by atoms with E-state index in [-0.39, 0.29) is 47.1 Å². The van der Waals surface area contributed by atoms with Gasteiger partial charge in [0, 0.05) is 6.61 Å². The number of nitrogens with one attached hydrogen (secondary N) is 1. The molecule has 220 valence electrons. The molecule has 3 aromatic carbocycles. The molecule has 0 aromatic heterocycles. The smallest absolute Gasteiger partial charge is 0.338 e. The summed E-state index contributed by atoms with van der Waals surface area (Å²) in [6.07, 6.45) is 2.48. The Bertz CT molecular complexity index is 1420. The monoisotopic (exact) mass is 587 g/mol. The van der Waals surface area contributed by atoms with E-state index in [2.05, 4.69) is 4.72 Å². The Morgan fingerprint density at radius 1 is 0.927 bits per heavy atom. The second kappa shape index (κ2) is 14.1. The molecule has 1 heterocycles. The molecule has 1 aliphatic rings. The summed E-state index contributed by atoms with van der Waals surface area (Å²) in [5.41, 5.74) is -0.0139. The number of esters is 1. The van der Waals surface area contributed by atoms with Gasteiger partial charge in [-0.05, 0) is 67.8 Å². The van der Waals surface area contributed by atoms with Crippen molar-refractivity contribution in [2.75, 3.05) is 45.9 Å². The Kier molecular flexibility index (Phi) is 10.3. The first kappa shape index (κ1) is 30.0. The van der Waals surface area contributed by atoms with E-state index in [4.69, 9.17) is 33.2 Å². The summed E-state index contributed by atoms with van der Waals surface area (Å²) in [6, 6.07) is 15.4. The van der Waals surface area contributed by atoms with Crippen LogP contribution < -0.4 is 23.7 Å². The zero-order chi connectivity index (χ0) is 29.2. The number of hydrogen-bond acceptors (Lipinski definition) is 10. The van der Waals surface area contributed by atoms with Crippen molar-refractivity contribution in [1.29, 1.82) is 0 Å². The maximum absolute atomic E-state index is 13.4. The first-order valence-electron chi connectivity index (χ1n) is 12.9. The van der Waals surface area contributed by atoms with Crippen molar-refractivity contribution in [3.63, 3.8) is 0 Å². The predicted octanol–water partition coefficient (Wildman–Crippen LogP) is 5.01. The third-order valence-electron chi connectivity index (χ3n) is 6.15. The molecule has 12 heteroatoms. The van der Waals surface area contributed by atoms with Crippen molar-refractivity contribution in [2.24, 2.45) is 0 Å². The number of para-hydroxylation sites is 2. The maximum atomic E-state index is 13.4. The molecule has 1 fully saturated rings. The molecule has 4 rings (SSSR count). The quantitative estimate of drug-likeness (QED) is 0.215. The van der Waals surface area contributed by atoms with Crippen molar-refractivity contribution >= 4 is 21.7 Å². The van der Waals surface area contributed by atoms with E-state index < -0.39 is 16.0 Å². The van der Waals surface area contributed by atoms with Gasteiger partial charge in [0.05, 0.1) is 44.1 Å². The van der Waals surface area contributed by atoms with Crippen LogP contribution in [0.25, 0.3) is 0 Å². The minimum Gasteiger partial charge on any atom is -0.497 e. The third-order valence-corrected chi connectivity index (χ3v) is 7.54. The largest absolute Gasteiger partial charge is 0.497 e. The van der Waals surface area contributed by atoms with Crippen LogP contribution >= 0.6 is 0 Å². The lowest BCUT2D eigenvalue weighted by molar-refractivity contribution is -0.165. The van der Waals surface area contributed by atoms with Crippen LogP contribution in [-0.2, 0) is 24.2 Å². The van der Waals surface area contributed by atoms with E-state index >= 15 is 0 Å². The first-order chi connectivity index (χ1) is 19.8. The summed E-state index contributed by atoms with van der Waals surface area (Å²) in [6.45, 7) is 0.896. The fraction of sp³-hybridized carbons (Fsp3) is 0.345. The van der Waals surface area contributed by atoms with Crippen LogP contribution in [0.5, 0.6) is 28.7 Å². The molecule has 0 spiro atoms. The molecule has 0 saturated carbocycles. The average molecular weight is 588 g/mol. The summed E-state index contributed by atoms with van der Waals surface area (Å²) in [5.74, 6) is 0.580. The molecule has 1 N–H and O–H groups in total. The lowest BCUT2D eigenvalue weighted by Crippen LogP contribution is -2.24. The van der Waals surface area contributed by atoms with Crippen molar-refractivity contribution in [2.45, 2.75) is 30.4 Å². The van der Waals surface area contributed by atoms with Crippen LogP contribution in [-0.4, -0.2) is 61.8 Å². The van der Waals surface area contributed by atoms with Crippen LogP contribution in [0.2, 0.25) is 0 Å². The van der Waals surface area contributed by atoms with Crippen molar-refractivity contribution < 1.29 is 46.4 Å². The van der Waals surface area contributed by atoms with Gasteiger partial charge in [-0.15, -0.1) is 0 Å². The molecule has 0 radical (unpaired) electrons. The molecular weight excluding hydrogens is 554 g/mol. The highest BCUT2D eigenvalue weighted by molar-refractivity contribution is 7.92. The van der Waals surface area contributed by atoms with Gasteiger partial charge < -0.3 is 33.2 Å². The molecule has 1 atom stereocenters. The van der Waals surface area contributed by atoms with E-state index in [0.29, 0.717) is 23.9 Å². The fourth-order valence-electron chi connectivity index (χ4n) is 4.07. The zero-order valence-corrected chi connectivity index (χ0v) is 23.9. The molecule has 41 heavy (non-hydrogen) atoms. The zero-order valence-electron chi connectivity index (χ0n) is 23.1. The number of anilines is 1. The highest BCUT2D eigenvalue weighted by Gasteiger charge is 2.24. The van der Waals surface area contributed by atoms with Gasteiger partial charge in [0.15, 0.2) is 29.3 Å². The number of hydrogen-bond donors (Lipinski definition) is 1. The maximum Gasteiger partial charge on any atom is 0.338 e. The summed E-state index contributed by atoms with van der Waals surface area (Å²) in [4.78, 5) is 12.5. The van der Waals surface area contributed by atoms with Crippen LogP contribution in [0.15, 0.2) is 65.6 Å². The topological polar surface area (TPSA) is 128 Å². The van der Waals surface area contributed by atoms with Gasteiger partial charge in [0.1, 0.15) is 12.4 Å². The van der Waals surface area contributed by atoms with Crippen LogP contribution in [0.4, 0.5) is 5.69 Å². The second-order valence-electron chi connectivity index (χ2n) is 8.89. The predicted molar refractivity (Wildman–Crippen MR) is 150 cm³/mol. The number of ether oxygens (including phenoxy) is 7. The molecule has 0 aliphatic carbocycles. The standard InChI is InChI=1S/C29H33NO10S/c1-34-21-11-13-22(14-12-21)41(32,33)30-23-18-20(29(31)36-3)19-26(37-16-17-39-27-10-6-7-15-38-27)28(23)40-25-9-5-4-8-24(25)35-2/h4-5,8-9,11-14,18-19,27,30H,6-7,10,15-17H2,1-3H3. The number of benzene rings is 3. The van der Waals surface area contributed by atoms with E-state index in [1.165, 1.54) is 57.7 Å². The number of sulfonamides is 1. The van der Waals surface area contributed by atoms with E-state index in [1.54, 1.807) is 24.3 Å². The van der Waals surface area contributed by atoms with Gasteiger partial charge >= 0.3 is 5.97 Å². The van der Waals surface area contributed by atoms with Gasteiger partial charge in [-0.1, -0.05) is 12.1 Å². The number of methoxy groups -OCH3 is 3. The van der Waals surface area contributed by atoms with Gasteiger partial charge in [0.2, 0.25) is 0 Å². The van der Waals surface area contributed by atoms with E-state index in [1.807, 2.05) is 0 Å². The summed E-state index contributed by atoms with van der Waals surface area (Å²) < 4.78 is 68.3. The van der Waals surface area contributed by atoms with Gasteiger partial charge in [0.25, 0.3) is 10.0 Å². The SMILES string of the molecule is COC(=O)c1cc(NS(=O)(=O)c2ccc(OC)cc2)c(Oc2ccccc2OC)c(OCCOC2CCCCO2)c1. The summed E-state index contributed by atoms with van der Waals surface area (Å²) in [5, 5.41) is 0. The first-order valence-corrected chi connectivity index (χ1v) is 14.4. The molecule has 0 bridgehead atoms. The molecular formula is C29H33NO10S. The normalized spacial score (nSPS) is 15.0. The minimum absolute atomic E-state index is 0.00755. The average Bonchev–Trinajstić information content (AvgIpc) is 3.00. The van der Waals surface area contributed by atoms with Gasteiger partial charge in [-0.3, -0.25) is 4.72 Å². The van der Waals surface area contributed by atoms with Crippen molar-refractivity contribution in [1.82, 2.24) is 0 Å². The fourth-order valence-corrected chi connectivity index (χ4v) is 5.13. The van der Waals surface area contributed by atoms with E-state index in [9.17, 15) is 13.2 Å². The van der Waals surface area contributed by atoms with E-state index in [0.717, 1.165) is 19.3 Å². The number of carbonyl (C=O) groups excluding carboxylic acids is 1. The number of carbonyl (C=O) groups is 1. The molecule has 1 aliphatic heterocycles. The van der Waals surface area contributed by atoms with Gasteiger partial charge in [-0.25, -0.2) is 13.2 Å². The van der Waals surface area contributed by atoms with Gasteiger partial charge in [-0.2, -0.15) is 0 Å². The van der Waals surface area contributed by atoms with Crippen molar-refractivity contribution in [3.05, 3.63) is 66.2 Å². The lowest BCUT2D eigenvalue weighted by Gasteiger charge is -2.23. The Morgan fingerprint density at radius 2 is 1.68 bits per heavy atom. The number of rotatable bonds is 13. The minimum atomic E-state index is -4.14. The highest BCUT2D eigenvalue weighted by atomic mass is 32.2. The Labute approximate surface area is 239 Å². The molecule has 0 amide bonds. The Morgan fingerprint density at radius 3 is 2.34 bits per heavy atom. The molecule has 1 unspecified atom stereocenters. The Hall–Kier alpha value is -4.00. The summed E-state index contributed by atoms with van der Waals surface area (Å²) in [7, 11) is 0.0499. The molecule has 1 saturated heterocycles. The highest BCUT2D eigenvalue weighted by Crippen LogP contribution is 2.43. The van der Waals surface area contributed by atoms with Crippen LogP contribution in [0.3, 0.4) is 0 Å². The lowest BCUT2D eigenvalue weighted by atomic mass is 10.1. The second-order valence-corrected chi connectivity index (χ2v) is 10.6. The third kappa shape index (κ3) is 7.81.